The predicted octanol–water partition coefficient (Wildman–Crippen LogP) is 2.32. The highest BCUT2D eigenvalue weighted by molar-refractivity contribution is 5.81. The van der Waals surface area contributed by atoms with Gasteiger partial charge in [-0.25, -0.2) is 0 Å². The van der Waals surface area contributed by atoms with Crippen molar-refractivity contribution in [3.05, 3.63) is 29.3 Å². The van der Waals surface area contributed by atoms with Gasteiger partial charge in [-0.05, 0) is 31.9 Å². The van der Waals surface area contributed by atoms with E-state index in [-0.39, 0.29) is 12.0 Å². The number of ether oxygens (including phenoxy) is 1. The summed E-state index contributed by atoms with van der Waals surface area (Å²) in [5, 5.41) is 6.43. The molecule has 0 aromatic heterocycles. The number of aryl methyl sites for hydroxylation is 1. The van der Waals surface area contributed by atoms with Crippen LogP contribution in [0, 0.1) is 6.92 Å². The lowest BCUT2D eigenvalue weighted by molar-refractivity contribution is -0.128. The Morgan fingerprint density at radius 3 is 2.64 bits per heavy atom. The first kappa shape index (κ1) is 20.8. The molecule has 0 saturated heterocycles. The number of nitrogens with one attached hydrogen (secondary N) is 2. The van der Waals surface area contributed by atoms with Gasteiger partial charge in [0.1, 0.15) is 5.75 Å². The molecule has 25 heavy (non-hydrogen) atoms. The van der Waals surface area contributed by atoms with E-state index in [2.05, 4.69) is 54.6 Å². The van der Waals surface area contributed by atoms with Crippen LogP contribution in [0.15, 0.2) is 23.2 Å². The quantitative estimate of drug-likeness (QED) is 0.559. The van der Waals surface area contributed by atoms with E-state index in [9.17, 15) is 4.79 Å². The number of rotatable bonds is 8. The van der Waals surface area contributed by atoms with Gasteiger partial charge in [-0.15, -0.1) is 0 Å². The van der Waals surface area contributed by atoms with Gasteiger partial charge < -0.3 is 20.3 Å². The maximum absolute atomic E-state index is 11.6. The molecular formula is C19H32N4O2. The van der Waals surface area contributed by atoms with Gasteiger partial charge in [-0.2, -0.15) is 0 Å². The van der Waals surface area contributed by atoms with Gasteiger partial charge in [0.2, 0.25) is 5.91 Å². The topological polar surface area (TPSA) is 66.0 Å². The summed E-state index contributed by atoms with van der Waals surface area (Å²) in [6, 6.07) is 6.21. The molecule has 1 aromatic carbocycles. The Morgan fingerprint density at radius 2 is 2.04 bits per heavy atom. The second-order valence-electron chi connectivity index (χ2n) is 6.34. The lowest BCUT2D eigenvalue weighted by Crippen LogP contribution is -2.38. The molecular weight excluding hydrogens is 316 g/mol. The third-order valence-electron chi connectivity index (χ3n) is 3.93. The van der Waals surface area contributed by atoms with Crippen LogP contribution >= 0.6 is 0 Å². The second kappa shape index (κ2) is 10.6. The zero-order valence-corrected chi connectivity index (χ0v) is 16.3. The average Bonchev–Trinajstić information content (AvgIpc) is 2.58. The van der Waals surface area contributed by atoms with Crippen LogP contribution in [0.2, 0.25) is 0 Å². The number of nitrogens with zero attached hydrogens (tertiary/aromatic N) is 2. The van der Waals surface area contributed by atoms with Crippen molar-refractivity contribution in [1.29, 1.82) is 0 Å². The maximum Gasteiger partial charge on any atom is 0.223 e. The van der Waals surface area contributed by atoms with Crippen molar-refractivity contribution in [3.63, 3.8) is 0 Å². The summed E-state index contributed by atoms with van der Waals surface area (Å²) < 4.78 is 6.03. The van der Waals surface area contributed by atoms with Crippen molar-refractivity contribution in [2.24, 2.45) is 4.99 Å². The summed E-state index contributed by atoms with van der Waals surface area (Å²) in [4.78, 5) is 17.4. The van der Waals surface area contributed by atoms with E-state index in [0.29, 0.717) is 25.5 Å². The van der Waals surface area contributed by atoms with Crippen LogP contribution in [0.5, 0.6) is 5.75 Å². The van der Waals surface area contributed by atoms with E-state index < -0.39 is 0 Å². The molecule has 0 radical (unpaired) electrons. The van der Waals surface area contributed by atoms with Crippen LogP contribution in [0.1, 0.15) is 37.8 Å². The molecule has 0 aliphatic carbocycles. The fourth-order valence-corrected chi connectivity index (χ4v) is 2.13. The van der Waals surface area contributed by atoms with Gasteiger partial charge in [0, 0.05) is 46.2 Å². The van der Waals surface area contributed by atoms with Crippen LogP contribution in [0.3, 0.4) is 0 Å². The Hall–Kier alpha value is -2.24. The molecule has 0 bridgehead atoms. The first-order valence-corrected chi connectivity index (χ1v) is 8.78. The number of hydrogen-bond donors (Lipinski definition) is 2. The highest BCUT2D eigenvalue weighted by atomic mass is 16.5. The van der Waals surface area contributed by atoms with Crippen molar-refractivity contribution in [3.8, 4) is 5.75 Å². The number of amides is 1. The fourth-order valence-electron chi connectivity index (χ4n) is 2.13. The normalized spacial score (nSPS) is 12.5. The van der Waals surface area contributed by atoms with Crippen LogP contribution in [0.4, 0.5) is 0 Å². The third kappa shape index (κ3) is 7.45. The molecule has 2 N–H and O–H groups in total. The van der Waals surface area contributed by atoms with Crippen molar-refractivity contribution >= 4 is 11.9 Å². The zero-order valence-electron chi connectivity index (χ0n) is 16.3. The van der Waals surface area contributed by atoms with E-state index >= 15 is 0 Å². The summed E-state index contributed by atoms with van der Waals surface area (Å²) in [6.45, 7) is 7.39. The lowest BCUT2D eigenvalue weighted by atomic mass is 10.1. The number of aliphatic imine (C=N–C) groups is 1. The largest absolute Gasteiger partial charge is 0.490 e. The fraction of sp³-hybridized carbons (Fsp3) is 0.579. The van der Waals surface area contributed by atoms with E-state index in [1.54, 1.807) is 26.0 Å². The first-order chi connectivity index (χ1) is 11.9. The van der Waals surface area contributed by atoms with Gasteiger partial charge in [0.25, 0.3) is 0 Å². The molecule has 6 heteroatoms. The van der Waals surface area contributed by atoms with E-state index in [1.165, 1.54) is 5.56 Å². The molecule has 1 atom stereocenters. The van der Waals surface area contributed by atoms with Crippen LogP contribution < -0.4 is 15.4 Å². The standard InChI is InChI=1S/C19H32N4O2/c1-7-15(3)25-17-12-14(2)8-9-16(17)13-22-19(20-4)21-11-10-18(24)23(5)6/h8-9,12,15H,7,10-11,13H2,1-6H3,(H2,20,21,22). The molecule has 0 heterocycles. The number of hydrogen-bond acceptors (Lipinski definition) is 3. The van der Waals surface area contributed by atoms with Crippen molar-refractivity contribution in [1.82, 2.24) is 15.5 Å². The minimum Gasteiger partial charge on any atom is -0.490 e. The summed E-state index contributed by atoms with van der Waals surface area (Å²) in [5.74, 6) is 1.66. The minimum absolute atomic E-state index is 0.0886. The highest BCUT2D eigenvalue weighted by Gasteiger charge is 2.09. The summed E-state index contributed by atoms with van der Waals surface area (Å²) >= 11 is 0. The molecule has 1 unspecified atom stereocenters. The van der Waals surface area contributed by atoms with Crippen LogP contribution in [0.25, 0.3) is 0 Å². The van der Waals surface area contributed by atoms with Gasteiger partial charge in [-0.1, -0.05) is 19.1 Å². The van der Waals surface area contributed by atoms with E-state index in [4.69, 9.17) is 4.74 Å². The lowest BCUT2D eigenvalue weighted by Gasteiger charge is -2.18. The number of carbonyl (C=O) groups excluding carboxylic acids is 1. The molecule has 0 aliphatic rings. The molecule has 0 saturated carbocycles. The van der Waals surface area contributed by atoms with Gasteiger partial charge in [0.15, 0.2) is 5.96 Å². The molecule has 0 spiro atoms. The molecule has 6 nitrogen and oxygen atoms in total. The van der Waals surface area contributed by atoms with Gasteiger partial charge in [0.05, 0.1) is 6.10 Å². The SMILES string of the molecule is CCC(C)Oc1cc(C)ccc1CNC(=NC)NCCC(=O)N(C)C. The molecule has 0 aliphatic heterocycles. The molecule has 140 valence electrons. The average molecular weight is 348 g/mol. The van der Waals surface area contributed by atoms with Gasteiger partial charge >= 0.3 is 0 Å². The third-order valence-corrected chi connectivity index (χ3v) is 3.93. The Bertz CT molecular complexity index is 585. The Balaban J connectivity index is 2.61. The second-order valence-corrected chi connectivity index (χ2v) is 6.34. The maximum atomic E-state index is 11.6. The first-order valence-electron chi connectivity index (χ1n) is 8.78. The Labute approximate surface area is 151 Å². The monoisotopic (exact) mass is 348 g/mol. The smallest absolute Gasteiger partial charge is 0.223 e. The summed E-state index contributed by atoms with van der Waals surface area (Å²) in [5.41, 5.74) is 2.25. The number of carbonyl (C=O) groups is 1. The highest BCUT2D eigenvalue weighted by Crippen LogP contribution is 2.22. The van der Waals surface area contributed by atoms with Crippen molar-refractivity contribution in [2.75, 3.05) is 27.7 Å². The Morgan fingerprint density at radius 1 is 1.32 bits per heavy atom. The molecule has 1 amide bonds. The van der Waals surface area contributed by atoms with Crippen LogP contribution in [-0.2, 0) is 11.3 Å². The Kier molecular flexibility index (Phi) is 8.81. The van der Waals surface area contributed by atoms with Crippen LogP contribution in [-0.4, -0.2) is 50.6 Å². The van der Waals surface area contributed by atoms with Gasteiger partial charge in [-0.3, -0.25) is 9.79 Å². The van der Waals surface area contributed by atoms with E-state index in [1.807, 2.05) is 0 Å². The predicted molar refractivity (Wildman–Crippen MR) is 103 cm³/mol. The summed E-state index contributed by atoms with van der Waals surface area (Å²) in [6.07, 6.45) is 1.57. The minimum atomic E-state index is 0.0886. The zero-order chi connectivity index (χ0) is 18.8. The molecule has 1 rings (SSSR count). The van der Waals surface area contributed by atoms with E-state index in [0.717, 1.165) is 17.7 Å². The molecule has 0 fully saturated rings. The van der Waals surface area contributed by atoms with Crippen molar-refractivity contribution in [2.45, 2.75) is 46.3 Å². The number of benzene rings is 1. The van der Waals surface area contributed by atoms with Crippen molar-refractivity contribution < 1.29 is 9.53 Å². The summed E-state index contributed by atoms with van der Waals surface area (Å²) in [7, 11) is 5.23. The number of guanidine groups is 1. The molecule has 1 aromatic rings.